The van der Waals surface area contributed by atoms with E-state index in [2.05, 4.69) is 38.1 Å². The Morgan fingerprint density at radius 2 is 1.67 bits per heavy atom. The van der Waals surface area contributed by atoms with Crippen LogP contribution in [0.25, 0.3) is 0 Å². The first-order valence-corrected chi connectivity index (χ1v) is 8.70. The summed E-state index contributed by atoms with van der Waals surface area (Å²) in [6, 6.07) is 8.87. The molecule has 0 aliphatic heterocycles. The van der Waals surface area contributed by atoms with E-state index in [0.29, 0.717) is 0 Å². The Kier molecular flexibility index (Phi) is 6.25. The van der Waals surface area contributed by atoms with E-state index in [1.54, 1.807) is 0 Å². The summed E-state index contributed by atoms with van der Waals surface area (Å²) < 4.78 is 6.22. The van der Waals surface area contributed by atoms with E-state index in [4.69, 9.17) is 10.5 Å². The molecule has 1 atom stereocenters. The Hall–Kier alpha value is -0.860. The van der Waals surface area contributed by atoms with Gasteiger partial charge in [-0.1, -0.05) is 63.3 Å². The Morgan fingerprint density at radius 3 is 2.19 bits per heavy atom. The topological polar surface area (TPSA) is 35.2 Å². The first-order chi connectivity index (χ1) is 10.2. The van der Waals surface area contributed by atoms with Gasteiger partial charge in [-0.15, -0.1) is 0 Å². The van der Waals surface area contributed by atoms with Gasteiger partial charge in [0.05, 0.1) is 11.6 Å². The van der Waals surface area contributed by atoms with Crippen LogP contribution in [0, 0.1) is 0 Å². The highest BCUT2D eigenvalue weighted by atomic mass is 16.5. The van der Waals surface area contributed by atoms with E-state index < -0.39 is 0 Å². The average molecular weight is 289 g/mol. The number of hydrogen-bond donors (Lipinski definition) is 1. The van der Waals surface area contributed by atoms with Gasteiger partial charge in [0.1, 0.15) is 0 Å². The molecule has 0 aromatic heterocycles. The van der Waals surface area contributed by atoms with Crippen LogP contribution in [0.1, 0.15) is 76.0 Å². The molecule has 1 saturated carbocycles. The summed E-state index contributed by atoms with van der Waals surface area (Å²) in [5.74, 6) is 0. The molecular formula is C19H31NO. The molecule has 1 aromatic carbocycles. The lowest BCUT2D eigenvalue weighted by molar-refractivity contribution is -0.0695. The summed E-state index contributed by atoms with van der Waals surface area (Å²) in [5.41, 5.74) is 9.13. The molecule has 1 unspecified atom stereocenters. The van der Waals surface area contributed by atoms with Crippen LogP contribution in [0.2, 0.25) is 0 Å². The fraction of sp³-hybridized carbons (Fsp3) is 0.684. The molecular weight excluding hydrogens is 258 g/mol. The first kappa shape index (κ1) is 16.5. The second-order valence-electron chi connectivity index (χ2n) is 6.38. The number of aryl methyl sites for hydroxylation is 1. The number of rotatable bonds is 6. The predicted molar refractivity (Wildman–Crippen MR) is 89.4 cm³/mol. The van der Waals surface area contributed by atoms with Crippen LogP contribution in [-0.4, -0.2) is 12.2 Å². The zero-order valence-electron chi connectivity index (χ0n) is 13.7. The SMILES string of the molecule is CCCc1ccc(C(N)C2(OCC)CCCCCC2)cc1. The summed E-state index contributed by atoms with van der Waals surface area (Å²) in [6.45, 7) is 5.06. The molecule has 2 rings (SSSR count). The van der Waals surface area contributed by atoms with Crippen molar-refractivity contribution in [2.24, 2.45) is 5.73 Å². The van der Waals surface area contributed by atoms with E-state index in [1.807, 2.05) is 0 Å². The monoisotopic (exact) mass is 289 g/mol. The second kappa shape index (κ2) is 7.95. The zero-order valence-corrected chi connectivity index (χ0v) is 13.7. The number of benzene rings is 1. The Morgan fingerprint density at radius 1 is 1.05 bits per heavy atom. The maximum atomic E-state index is 6.66. The minimum absolute atomic E-state index is 0.00812. The summed E-state index contributed by atoms with van der Waals surface area (Å²) in [4.78, 5) is 0. The second-order valence-corrected chi connectivity index (χ2v) is 6.38. The molecule has 1 aromatic rings. The van der Waals surface area contributed by atoms with E-state index in [9.17, 15) is 0 Å². The standard InChI is InChI=1S/C19H31NO/c1-3-9-16-10-12-17(13-11-16)18(20)19(21-4-2)14-7-5-6-8-15-19/h10-13,18H,3-9,14-15,20H2,1-2H3. The molecule has 0 bridgehead atoms. The molecule has 21 heavy (non-hydrogen) atoms. The van der Waals surface area contributed by atoms with Crippen molar-refractivity contribution in [2.75, 3.05) is 6.61 Å². The van der Waals surface area contributed by atoms with Gasteiger partial charge in [-0.05, 0) is 37.3 Å². The molecule has 0 saturated heterocycles. The van der Waals surface area contributed by atoms with Gasteiger partial charge in [-0.25, -0.2) is 0 Å². The summed E-state index contributed by atoms with van der Waals surface area (Å²) in [6.07, 6.45) is 9.63. The van der Waals surface area contributed by atoms with Crippen molar-refractivity contribution in [3.63, 3.8) is 0 Å². The summed E-state index contributed by atoms with van der Waals surface area (Å²) in [7, 11) is 0. The summed E-state index contributed by atoms with van der Waals surface area (Å²) in [5, 5.41) is 0. The normalized spacial score (nSPS) is 20.0. The highest BCUT2D eigenvalue weighted by molar-refractivity contribution is 5.27. The molecule has 0 spiro atoms. The fourth-order valence-corrected chi connectivity index (χ4v) is 3.64. The number of ether oxygens (including phenoxy) is 1. The highest BCUT2D eigenvalue weighted by Crippen LogP contribution is 2.39. The van der Waals surface area contributed by atoms with Gasteiger partial charge in [0.25, 0.3) is 0 Å². The smallest absolute Gasteiger partial charge is 0.0874 e. The van der Waals surface area contributed by atoms with Crippen molar-refractivity contribution >= 4 is 0 Å². The Labute approximate surface area is 130 Å². The van der Waals surface area contributed by atoms with Crippen molar-refractivity contribution < 1.29 is 4.74 Å². The largest absolute Gasteiger partial charge is 0.373 e. The Bertz CT molecular complexity index is 404. The average Bonchev–Trinajstić information content (AvgIpc) is 2.75. The van der Waals surface area contributed by atoms with E-state index in [0.717, 1.165) is 25.9 Å². The van der Waals surface area contributed by atoms with Crippen molar-refractivity contribution in [3.05, 3.63) is 35.4 Å². The minimum Gasteiger partial charge on any atom is -0.373 e. The molecule has 1 aliphatic carbocycles. The first-order valence-electron chi connectivity index (χ1n) is 8.70. The lowest BCUT2D eigenvalue weighted by Gasteiger charge is -2.38. The van der Waals surface area contributed by atoms with Crippen LogP contribution in [0.3, 0.4) is 0 Å². The summed E-state index contributed by atoms with van der Waals surface area (Å²) >= 11 is 0. The van der Waals surface area contributed by atoms with Crippen molar-refractivity contribution in [3.8, 4) is 0 Å². The van der Waals surface area contributed by atoms with Gasteiger partial charge in [0, 0.05) is 6.61 Å². The van der Waals surface area contributed by atoms with Gasteiger partial charge in [0.2, 0.25) is 0 Å². The lowest BCUT2D eigenvalue weighted by atomic mass is 9.82. The Balaban J connectivity index is 2.18. The lowest BCUT2D eigenvalue weighted by Crippen LogP contribution is -2.43. The maximum Gasteiger partial charge on any atom is 0.0874 e. The van der Waals surface area contributed by atoms with Gasteiger partial charge in [-0.3, -0.25) is 0 Å². The van der Waals surface area contributed by atoms with Gasteiger partial charge in [0.15, 0.2) is 0 Å². The zero-order chi connectivity index (χ0) is 15.1. The third-order valence-electron chi connectivity index (χ3n) is 4.83. The third kappa shape index (κ3) is 4.08. The molecule has 2 N–H and O–H groups in total. The fourth-order valence-electron chi connectivity index (χ4n) is 3.64. The predicted octanol–water partition coefficient (Wildman–Crippen LogP) is 4.77. The van der Waals surface area contributed by atoms with Crippen LogP contribution in [-0.2, 0) is 11.2 Å². The molecule has 0 heterocycles. The van der Waals surface area contributed by atoms with Gasteiger partial charge < -0.3 is 10.5 Å². The van der Waals surface area contributed by atoms with E-state index >= 15 is 0 Å². The molecule has 2 nitrogen and oxygen atoms in total. The van der Waals surface area contributed by atoms with Crippen LogP contribution in [0.4, 0.5) is 0 Å². The molecule has 2 heteroatoms. The third-order valence-corrected chi connectivity index (χ3v) is 4.83. The van der Waals surface area contributed by atoms with E-state index in [-0.39, 0.29) is 11.6 Å². The minimum atomic E-state index is -0.155. The van der Waals surface area contributed by atoms with Crippen LogP contribution >= 0.6 is 0 Å². The van der Waals surface area contributed by atoms with Gasteiger partial charge >= 0.3 is 0 Å². The van der Waals surface area contributed by atoms with Crippen LogP contribution in [0.15, 0.2) is 24.3 Å². The molecule has 0 amide bonds. The van der Waals surface area contributed by atoms with Crippen molar-refractivity contribution in [2.45, 2.75) is 76.9 Å². The van der Waals surface area contributed by atoms with E-state index in [1.165, 1.54) is 43.2 Å². The molecule has 0 radical (unpaired) electrons. The van der Waals surface area contributed by atoms with Crippen molar-refractivity contribution in [1.82, 2.24) is 0 Å². The number of hydrogen-bond acceptors (Lipinski definition) is 2. The molecule has 1 aliphatic rings. The van der Waals surface area contributed by atoms with Crippen LogP contribution < -0.4 is 5.73 Å². The maximum absolute atomic E-state index is 6.66. The van der Waals surface area contributed by atoms with Crippen molar-refractivity contribution in [1.29, 1.82) is 0 Å². The molecule has 118 valence electrons. The number of nitrogens with two attached hydrogens (primary N) is 1. The quantitative estimate of drug-likeness (QED) is 0.766. The van der Waals surface area contributed by atoms with Crippen LogP contribution in [0.5, 0.6) is 0 Å². The highest BCUT2D eigenvalue weighted by Gasteiger charge is 2.38. The molecule has 1 fully saturated rings. The van der Waals surface area contributed by atoms with Gasteiger partial charge in [-0.2, -0.15) is 0 Å².